The van der Waals surface area contributed by atoms with Crippen LogP contribution in [0.1, 0.15) is 64.9 Å². The molecule has 2 rings (SSSR count). The predicted molar refractivity (Wildman–Crippen MR) is 122 cm³/mol. The minimum absolute atomic E-state index is 0.121. The summed E-state index contributed by atoms with van der Waals surface area (Å²) in [7, 11) is 0. The lowest BCUT2D eigenvalue weighted by atomic mass is 9.79. The molecule has 180 valence electrons. The number of aliphatic hydroxyl groups is 1. The summed E-state index contributed by atoms with van der Waals surface area (Å²) < 4.78 is 10.9. The van der Waals surface area contributed by atoms with Crippen molar-refractivity contribution in [3.8, 4) is 0 Å². The van der Waals surface area contributed by atoms with Crippen LogP contribution in [-0.2, 0) is 19.1 Å². The quantitative estimate of drug-likeness (QED) is 0.220. The summed E-state index contributed by atoms with van der Waals surface area (Å²) in [5.74, 6) is -2.31. The van der Waals surface area contributed by atoms with Crippen molar-refractivity contribution in [3.63, 3.8) is 0 Å². The van der Waals surface area contributed by atoms with Crippen molar-refractivity contribution in [1.82, 2.24) is 5.32 Å². The smallest absolute Gasteiger partial charge is 0.337 e. The van der Waals surface area contributed by atoms with Gasteiger partial charge in [-0.25, -0.2) is 9.59 Å². The average Bonchev–Trinajstić information content (AvgIpc) is 2.74. The number of carbonyl (C=O) groups excluding carboxylic acids is 2. The Hall–Kier alpha value is -3.20. The second-order valence-corrected chi connectivity index (χ2v) is 8.18. The molecular weight excluding hydrogens is 428 g/mol. The van der Waals surface area contributed by atoms with Crippen molar-refractivity contribution in [3.05, 3.63) is 62.5 Å². The Morgan fingerprint density at radius 2 is 1.67 bits per heavy atom. The van der Waals surface area contributed by atoms with Gasteiger partial charge in [-0.3, -0.25) is 10.1 Å². The summed E-state index contributed by atoms with van der Waals surface area (Å²) in [6.45, 7) is 7.04. The first kappa shape index (κ1) is 26.1. The number of ether oxygens (including phenoxy) is 2. The molecule has 0 radical (unpaired) electrons. The van der Waals surface area contributed by atoms with Gasteiger partial charge in [0.1, 0.15) is 0 Å². The lowest BCUT2D eigenvalue weighted by Gasteiger charge is -2.30. The van der Waals surface area contributed by atoms with Crippen LogP contribution >= 0.6 is 0 Å². The van der Waals surface area contributed by atoms with E-state index in [0.717, 1.165) is 12.8 Å². The van der Waals surface area contributed by atoms with Gasteiger partial charge in [-0.15, -0.1) is 0 Å². The van der Waals surface area contributed by atoms with E-state index in [0.29, 0.717) is 24.2 Å². The van der Waals surface area contributed by atoms with Crippen LogP contribution in [0.4, 0.5) is 5.69 Å². The summed E-state index contributed by atoms with van der Waals surface area (Å²) in [5.41, 5.74) is 1.21. The van der Waals surface area contributed by atoms with Crippen LogP contribution in [0.5, 0.6) is 0 Å². The minimum Gasteiger partial charge on any atom is -0.462 e. The number of para-hydroxylation sites is 1. The molecule has 0 amide bonds. The summed E-state index contributed by atoms with van der Waals surface area (Å²) in [5, 5.41) is 23.7. The zero-order valence-electron chi connectivity index (χ0n) is 19.6. The van der Waals surface area contributed by atoms with E-state index in [-0.39, 0.29) is 35.6 Å². The third-order valence-electron chi connectivity index (χ3n) is 5.27. The van der Waals surface area contributed by atoms with Gasteiger partial charge in [-0.05, 0) is 47.0 Å². The molecular formula is C24H32N2O7. The van der Waals surface area contributed by atoms with E-state index in [1.807, 2.05) is 0 Å². The van der Waals surface area contributed by atoms with Crippen LogP contribution in [0, 0.1) is 10.1 Å². The minimum atomic E-state index is -1.01. The molecule has 1 unspecified atom stereocenters. The second-order valence-electron chi connectivity index (χ2n) is 8.18. The number of nitrogens with one attached hydrogen (secondary N) is 1. The molecule has 0 aliphatic carbocycles. The average molecular weight is 461 g/mol. The number of carbonyl (C=O) groups is 2. The topological polar surface area (TPSA) is 128 Å². The highest BCUT2D eigenvalue weighted by molar-refractivity contribution is 6.00. The standard InChI is InChI=1S/C24H32N2O7/c1-15(2)33-24(29)21-17(4)25-16(3)20(23(28)32-14-10-6-5-9-13-27)22(21)18-11-7-8-12-19(18)26(30)31/h7-8,11-12,15,22,25,27H,5-6,9-10,13-14H2,1-4H3. The fourth-order valence-electron chi connectivity index (χ4n) is 3.83. The number of nitrogens with zero attached hydrogens (tertiary/aromatic N) is 1. The maximum Gasteiger partial charge on any atom is 0.337 e. The van der Waals surface area contributed by atoms with Crippen molar-refractivity contribution in [2.75, 3.05) is 13.2 Å². The van der Waals surface area contributed by atoms with E-state index in [1.165, 1.54) is 12.1 Å². The van der Waals surface area contributed by atoms with Crippen molar-refractivity contribution in [2.45, 2.75) is 65.4 Å². The number of dihydropyridines is 1. The Labute approximate surface area is 193 Å². The van der Waals surface area contributed by atoms with Gasteiger partial charge in [0.05, 0.1) is 34.7 Å². The molecule has 1 heterocycles. The second kappa shape index (κ2) is 12.2. The first-order chi connectivity index (χ1) is 15.7. The Kier molecular flexibility index (Phi) is 9.59. The molecule has 0 saturated carbocycles. The molecule has 1 aromatic carbocycles. The van der Waals surface area contributed by atoms with E-state index in [4.69, 9.17) is 14.6 Å². The molecule has 0 bridgehead atoms. The molecule has 1 aliphatic heterocycles. The largest absolute Gasteiger partial charge is 0.462 e. The number of aliphatic hydroxyl groups excluding tert-OH is 1. The van der Waals surface area contributed by atoms with Gasteiger partial charge in [-0.2, -0.15) is 0 Å². The van der Waals surface area contributed by atoms with Crippen LogP contribution in [0.3, 0.4) is 0 Å². The molecule has 9 nitrogen and oxygen atoms in total. The highest BCUT2D eigenvalue weighted by atomic mass is 16.6. The Morgan fingerprint density at radius 1 is 1.06 bits per heavy atom. The number of nitro groups is 1. The molecule has 0 saturated heterocycles. The third-order valence-corrected chi connectivity index (χ3v) is 5.27. The zero-order chi connectivity index (χ0) is 24.5. The van der Waals surface area contributed by atoms with Crippen molar-refractivity contribution in [1.29, 1.82) is 0 Å². The van der Waals surface area contributed by atoms with E-state index in [2.05, 4.69) is 5.32 Å². The molecule has 1 atom stereocenters. The fourth-order valence-corrected chi connectivity index (χ4v) is 3.83. The number of unbranched alkanes of at least 4 members (excludes halogenated alkanes) is 3. The SMILES string of the molecule is CC1=C(C(=O)OCCCCCCO)C(c2ccccc2[N+](=O)[O-])C(C(=O)OC(C)C)=C(C)N1. The molecule has 1 aliphatic rings. The fraction of sp³-hybridized carbons (Fsp3) is 0.500. The van der Waals surface area contributed by atoms with E-state index in [1.54, 1.807) is 39.8 Å². The van der Waals surface area contributed by atoms with Crippen LogP contribution in [0.15, 0.2) is 46.8 Å². The van der Waals surface area contributed by atoms with Gasteiger partial charge >= 0.3 is 11.9 Å². The highest BCUT2D eigenvalue weighted by Gasteiger charge is 2.41. The summed E-state index contributed by atoms with van der Waals surface area (Å²) in [4.78, 5) is 37.4. The van der Waals surface area contributed by atoms with E-state index >= 15 is 0 Å². The number of esters is 2. The Morgan fingerprint density at radius 3 is 2.27 bits per heavy atom. The van der Waals surface area contributed by atoms with Crippen molar-refractivity contribution >= 4 is 17.6 Å². The van der Waals surface area contributed by atoms with Crippen LogP contribution in [0.2, 0.25) is 0 Å². The van der Waals surface area contributed by atoms with Crippen LogP contribution < -0.4 is 5.32 Å². The number of hydrogen-bond acceptors (Lipinski definition) is 8. The maximum atomic E-state index is 13.2. The Bertz CT molecular complexity index is 950. The normalized spacial score (nSPS) is 16.0. The van der Waals surface area contributed by atoms with Crippen molar-refractivity contribution < 1.29 is 29.1 Å². The number of rotatable bonds is 11. The van der Waals surface area contributed by atoms with Gasteiger partial charge in [0, 0.05) is 29.6 Å². The first-order valence-corrected chi connectivity index (χ1v) is 11.1. The van der Waals surface area contributed by atoms with E-state index in [9.17, 15) is 19.7 Å². The number of nitro benzene ring substituents is 1. The van der Waals surface area contributed by atoms with Gasteiger partial charge in [-0.1, -0.05) is 24.6 Å². The van der Waals surface area contributed by atoms with E-state index < -0.39 is 28.9 Å². The number of benzene rings is 1. The molecule has 2 N–H and O–H groups in total. The summed E-state index contributed by atoms with van der Waals surface area (Å²) in [6, 6.07) is 6.05. The highest BCUT2D eigenvalue weighted by Crippen LogP contribution is 2.42. The number of allylic oxidation sites excluding steroid dienone is 2. The lowest BCUT2D eigenvalue weighted by molar-refractivity contribution is -0.385. The summed E-state index contributed by atoms with van der Waals surface area (Å²) in [6.07, 6.45) is 2.52. The van der Waals surface area contributed by atoms with Gasteiger partial charge in [0.25, 0.3) is 5.69 Å². The summed E-state index contributed by atoms with van der Waals surface area (Å²) >= 11 is 0. The first-order valence-electron chi connectivity index (χ1n) is 11.1. The number of hydrogen-bond donors (Lipinski definition) is 2. The van der Waals surface area contributed by atoms with Crippen LogP contribution in [0.25, 0.3) is 0 Å². The molecule has 9 heteroatoms. The monoisotopic (exact) mass is 460 g/mol. The molecule has 1 aromatic rings. The van der Waals surface area contributed by atoms with Gasteiger partial charge in [0.2, 0.25) is 0 Å². The molecule has 0 fully saturated rings. The molecule has 33 heavy (non-hydrogen) atoms. The van der Waals surface area contributed by atoms with Gasteiger partial charge in [0.15, 0.2) is 0 Å². The van der Waals surface area contributed by atoms with Crippen molar-refractivity contribution in [2.24, 2.45) is 0 Å². The van der Waals surface area contributed by atoms with Gasteiger partial charge < -0.3 is 19.9 Å². The Balaban J connectivity index is 2.46. The lowest BCUT2D eigenvalue weighted by Crippen LogP contribution is -2.33. The molecule has 0 aromatic heterocycles. The predicted octanol–water partition coefficient (Wildman–Crippen LogP) is 3.88. The van der Waals surface area contributed by atoms with Crippen LogP contribution in [-0.4, -0.2) is 41.3 Å². The zero-order valence-corrected chi connectivity index (χ0v) is 19.6. The third kappa shape index (κ3) is 6.64. The maximum absolute atomic E-state index is 13.2. The molecule has 0 spiro atoms.